The lowest BCUT2D eigenvalue weighted by atomic mass is 10.1. The summed E-state index contributed by atoms with van der Waals surface area (Å²) in [6.45, 7) is 9.36. The van der Waals surface area contributed by atoms with E-state index >= 15 is 0 Å². The van der Waals surface area contributed by atoms with E-state index in [0.29, 0.717) is 30.4 Å². The quantitative estimate of drug-likeness (QED) is 0.364. The number of aromatic nitrogens is 2. The molecule has 0 radical (unpaired) electrons. The fraction of sp³-hybridized carbons (Fsp3) is 0.407. The fourth-order valence-electron chi connectivity index (χ4n) is 4.17. The highest BCUT2D eigenvalue weighted by Gasteiger charge is 2.22. The Bertz CT molecular complexity index is 1300. The van der Waals surface area contributed by atoms with Crippen molar-refractivity contribution < 1.29 is 13.2 Å². The number of nitrogens with zero attached hydrogens (tertiary/aromatic N) is 3. The number of nitrogens with one attached hydrogen (secondary N) is 2. The average molecular weight is 525 g/mol. The van der Waals surface area contributed by atoms with Crippen LogP contribution in [0.3, 0.4) is 0 Å². The first-order valence-corrected chi connectivity index (χ1v) is 14.0. The van der Waals surface area contributed by atoms with Gasteiger partial charge in [-0.3, -0.25) is 4.90 Å². The molecular weight excluding hydrogens is 488 g/mol. The van der Waals surface area contributed by atoms with Crippen LogP contribution in [-0.4, -0.2) is 55.1 Å². The van der Waals surface area contributed by atoms with Gasteiger partial charge >= 0.3 is 0 Å². The Labute approximate surface area is 219 Å². The number of rotatable bonds is 10. The van der Waals surface area contributed by atoms with Crippen LogP contribution < -0.4 is 20.5 Å². The molecule has 0 atom stereocenters. The van der Waals surface area contributed by atoms with Crippen molar-refractivity contribution in [2.75, 3.05) is 37.3 Å². The molecule has 0 saturated carbocycles. The molecule has 3 aromatic rings. The summed E-state index contributed by atoms with van der Waals surface area (Å²) in [7, 11) is -3.64. The van der Waals surface area contributed by atoms with Crippen LogP contribution in [0.4, 0.5) is 17.3 Å². The van der Waals surface area contributed by atoms with Crippen molar-refractivity contribution >= 4 is 27.3 Å². The smallest absolute Gasteiger partial charge is 0.241 e. The molecule has 2 heterocycles. The lowest BCUT2D eigenvalue weighted by Gasteiger charge is -2.20. The Morgan fingerprint density at radius 1 is 1.08 bits per heavy atom. The molecule has 1 aliphatic heterocycles. The molecule has 1 saturated heterocycles. The maximum Gasteiger partial charge on any atom is 0.241 e. The van der Waals surface area contributed by atoms with E-state index in [-0.39, 0.29) is 4.90 Å². The number of nitrogen functional groups attached to an aromatic ring is 1. The van der Waals surface area contributed by atoms with Gasteiger partial charge in [0.05, 0.1) is 22.5 Å². The number of hydrogen-bond acceptors (Lipinski definition) is 8. The lowest BCUT2D eigenvalue weighted by Crippen LogP contribution is -2.40. The number of hydrogen-bond donors (Lipinski definition) is 3. The SMILES string of the molecule is CC(C)(C)NS(=O)(=O)c1cccc(Cc2nc(Nc3ccc(OCCN4CCCC4)cc3)ncc2N)c1. The van der Waals surface area contributed by atoms with Crippen LogP contribution in [0.2, 0.25) is 0 Å². The van der Waals surface area contributed by atoms with Crippen molar-refractivity contribution in [1.29, 1.82) is 0 Å². The van der Waals surface area contributed by atoms with Gasteiger partial charge in [-0.05, 0) is 88.7 Å². The Hall–Kier alpha value is -3.21. The third-order valence-corrected chi connectivity index (χ3v) is 7.66. The summed E-state index contributed by atoms with van der Waals surface area (Å²) in [5.41, 5.74) is 8.22. The summed E-state index contributed by atoms with van der Waals surface area (Å²) in [5.74, 6) is 1.23. The molecule has 0 amide bonds. The number of ether oxygens (including phenoxy) is 1. The molecule has 37 heavy (non-hydrogen) atoms. The molecule has 0 unspecified atom stereocenters. The fourth-order valence-corrected chi connectivity index (χ4v) is 5.66. The van der Waals surface area contributed by atoms with Gasteiger partial charge in [-0.1, -0.05) is 12.1 Å². The molecule has 198 valence electrons. The summed E-state index contributed by atoms with van der Waals surface area (Å²) in [4.78, 5) is 11.5. The van der Waals surface area contributed by atoms with Gasteiger partial charge in [-0.25, -0.2) is 23.1 Å². The van der Waals surface area contributed by atoms with E-state index in [4.69, 9.17) is 10.5 Å². The van der Waals surface area contributed by atoms with Crippen LogP contribution in [-0.2, 0) is 16.4 Å². The molecule has 2 aromatic carbocycles. The van der Waals surface area contributed by atoms with Gasteiger partial charge in [0.1, 0.15) is 12.4 Å². The Morgan fingerprint density at radius 3 is 2.51 bits per heavy atom. The van der Waals surface area contributed by atoms with Gasteiger partial charge in [0.25, 0.3) is 0 Å². The van der Waals surface area contributed by atoms with Crippen molar-refractivity contribution in [2.24, 2.45) is 0 Å². The Kier molecular flexibility index (Phi) is 8.31. The van der Waals surface area contributed by atoms with E-state index in [1.807, 2.05) is 30.3 Å². The first-order chi connectivity index (χ1) is 17.6. The summed E-state index contributed by atoms with van der Waals surface area (Å²) < 4.78 is 34.0. The zero-order chi connectivity index (χ0) is 26.5. The molecule has 0 spiro atoms. The molecule has 0 aliphatic carbocycles. The van der Waals surface area contributed by atoms with Gasteiger partial charge in [0.15, 0.2) is 0 Å². The Morgan fingerprint density at radius 2 is 1.81 bits per heavy atom. The van der Waals surface area contributed by atoms with Crippen molar-refractivity contribution in [3.8, 4) is 5.75 Å². The van der Waals surface area contributed by atoms with Crippen LogP contribution in [0.15, 0.2) is 59.6 Å². The number of likely N-dealkylation sites (tertiary alicyclic amines) is 1. The Balaban J connectivity index is 1.39. The monoisotopic (exact) mass is 524 g/mol. The third-order valence-electron chi connectivity index (χ3n) is 5.91. The van der Waals surface area contributed by atoms with Crippen molar-refractivity contribution in [2.45, 2.75) is 50.5 Å². The van der Waals surface area contributed by atoms with E-state index < -0.39 is 15.6 Å². The van der Waals surface area contributed by atoms with Crippen LogP contribution in [0, 0.1) is 0 Å². The molecule has 1 aromatic heterocycles. The van der Waals surface area contributed by atoms with Crippen LogP contribution in [0.5, 0.6) is 5.75 Å². The second-order valence-electron chi connectivity index (χ2n) is 10.3. The highest BCUT2D eigenvalue weighted by Crippen LogP contribution is 2.22. The average Bonchev–Trinajstić information content (AvgIpc) is 3.35. The first-order valence-electron chi connectivity index (χ1n) is 12.5. The third kappa shape index (κ3) is 7.88. The van der Waals surface area contributed by atoms with E-state index in [0.717, 1.165) is 36.6 Å². The predicted octanol–water partition coefficient (Wildman–Crippen LogP) is 3.94. The number of nitrogens with two attached hydrogens (primary N) is 1. The standard InChI is InChI=1S/C27H36N6O3S/c1-27(2,3)32-37(34,35)23-8-6-7-20(17-23)18-25-24(28)19-29-26(31-25)30-21-9-11-22(12-10-21)36-16-15-33-13-4-5-14-33/h6-12,17,19,32H,4-5,13-16,18,28H2,1-3H3,(H,29,30,31). The van der Waals surface area contributed by atoms with Crippen molar-refractivity contribution in [1.82, 2.24) is 19.6 Å². The highest BCUT2D eigenvalue weighted by atomic mass is 32.2. The summed E-state index contributed by atoms with van der Waals surface area (Å²) in [6.07, 6.45) is 4.48. The van der Waals surface area contributed by atoms with Gasteiger partial charge in [-0.2, -0.15) is 0 Å². The zero-order valence-corrected chi connectivity index (χ0v) is 22.5. The lowest BCUT2D eigenvalue weighted by molar-refractivity contribution is 0.238. The largest absolute Gasteiger partial charge is 0.492 e. The number of sulfonamides is 1. The molecule has 1 fully saturated rings. The van der Waals surface area contributed by atoms with Gasteiger partial charge in [0, 0.05) is 24.2 Å². The maximum absolute atomic E-state index is 12.7. The van der Waals surface area contributed by atoms with Crippen LogP contribution in [0.1, 0.15) is 44.9 Å². The molecule has 9 nitrogen and oxygen atoms in total. The van der Waals surface area contributed by atoms with Gasteiger partial charge in [0.2, 0.25) is 16.0 Å². The van der Waals surface area contributed by atoms with Crippen molar-refractivity contribution in [3.63, 3.8) is 0 Å². The molecule has 4 N–H and O–H groups in total. The molecule has 1 aliphatic rings. The normalized spacial score (nSPS) is 14.6. The van der Waals surface area contributed by atoms with Gasteiger partial charge in [-0.15, -0.1) is 0 Å². The molecule has 4 rings (SSSR count). The van der Waals surface area contributed by atoms with Crippen molar-refractivity contribution in [3.05, 3.63) is 66.0 Å². The summed E-state index contributed by atoms with van der Waals surface area (Å²) in [6, 6.07) is 14.5. The zero-order valence-electron chi connectivity index (χ0n) is 21.7. The van der Waals surface area contributed by atoms with E-state index in [1.54, 1.807) is 45.2 Å². The van der Waals surface area contributed by atoms with E-state index in [9.17, 15) is 8.42 Å². The number of benzene rings is 2. The minimum absolute atomic E-state index is 0.202. The summed E-state index contributed by atoms with van der Waals surface area (Å²) >= 11 is 0. The highest BCUT2D eigenvalue weighted by molar-refractivity contribution is 7.89. The van der Waals surface area contributed by atoms with E-state index in [2.05, 4.69) is 24.9 Å². The second-order valence-corrected chi connectivity index (χ2v) is 12.0. The predicted molar refractivity (Wildman–Crippen MR) is 147 cm³/mol. The van der Waals surface area contributed by atoms with Crippen LogP contribution >= 0.6 is 0 Å². The molecule has 0 bridgehead atoms. The second kappa shape index (κ2) is 11.5. The minimum atomic E-state index is -3.64. The minimum Gasteiger partial charge on any atom is -0.492 e. The molecular formula is C27H36N6O3S. The van der Waals surface area contributed by atoms with Crippen LogP contribution in [0.25, 0.3) is 0 Å². The summed E-state index contributed by atoms with van der Waals surface area (Å²) in [5, 5.41) is 3.20. The maximum atomic E-state index is 12.7. The topological polar surface area (TPSA) is 122 Å². The van der Waals surface area contributed by atoms with Gasteiger partial charge < -0.3 is 15.8 Å². The molecule has 10 heteroatoms. The first kappa shape index (κ1) is 26.8. The number of anilines is 3. The van der Waals surface area contributed by atoms with E-state index in [1.165, 1.54) is 12.8 Å².